The van der Waals surface area contributed by atoms with Crippen LogP contribution >= 0.6 is 24.0 Å². The number of morpholine rings is 1. The van der Waals surface area contributed by atoms with Gasteiger partial charge in [0.25, 0.3) is 0 Å². The molecular weight excluding hydrogens is 419 g/mol. The Morgan fingerprint density at radius 1 is 1.25 bits per heavy atom. The minimum Gasteiger partial charge on any atom is -0.469 e. The molecule has 0 aliphatic carbocycles. The highest BCUT2D eigenvalue weighted by Crippen LogP contribution is 2.01. The van der Waals surface area contributed by atoms with Crippen LogP contribution in [0.4, 0.5) is 0 Å². The summed E-state index contributed by atoms with van der Waals surface area (Å²) in [5, 5.41) is 6.64. The molecule has 1 aliphatic heterocycles. The van der Waals surface area contributed by atoms with E-state index in [0.717, 1.165) is 77.0 Å². The number of rotatable bonds is 9. The second-order valence-corrected chi connectivity index (χ2v) is 5.68. The average molecular weight is 450 g/mol. The van der Waals surface area contributed by atoms with Gasteiger partial charge in [-0.05, 0) is 38.4 Å². The molecule has 1 aromatic rings. The van der Waals surface area contributed by atoms with Crippen LogP contribution in [0.1, 0.15) is 25.5 Å². The lowest BCUT2D eigenvalue weighted by molar-refractivity contribution is 0.0373. The number of nitrogens with one attached hydrogen (secondary N) is 2. The molecule has 0 saturated carbocycles. The lowest BCUT2D eigenvalue weighted by atomic mass is 10.3. The number of aliphatic imine (C=N–C) groups is 1. The first-order chi connectivity index (χ1) is 11.4. The van der Waals surface area contributed by atoms with Crippen molar-refractivity contribution in [1.29, 1.82) is 0 Å². The third-order valence-corrected chi connectivity index (χ3v) is 3.84. The molecule has 7 heteroatoms. The number of nitrogens with zero attached hydrogens (tertiary/aromatic N) is 2. The molecule has 6 nitrogen and oxygen atoms in total. The minimum atomic E-state index is 0. The van der Waals surface area contributed by atoms with Crippen LogP contribution < -0.4 is 10.6 Å². The first kappa shape index (κ1) is 21.2. The Morgan fingerprint density at radius 3 is 2.79 bits per heavy atom. The molecule has 1 aromatic heterocycles. The Hall–Kier alpha value is -0.800. The van der Waals surface area contributed by atoms with Crippen molar-refractivity contribution in [1.82, 2.24) is 15.5 Å². The summed E-state index contributed by atoms with van der Waals surface area (Å²) in [6.45, 7) is 9.70. The van der Waals surface area contributed by atoms with Gasteiger partial charge in [-0.2, -0.15) is 0 Å². The highest BCUT2D eigenvalue weighted by molar-refractivity contribution is 14.0. The number of unbranched alkanes of at least 4 members (excludes halogenated alkanes) is 1. The highest BCUT2D eigenvalue weighted by Gasteiger charge is 2.08. The zero-order chi connectivity index (χ0) is 16.2. The fourth-order valence-corrected chi connectivity index (χ4v) is 2.56. The van der Waals surface area contributed by atoms with E-state index in [1.807, 2.05) is 12.1 Å². The fourth-order valence-electron chi connectivity index (χ4n) is 2.56. The van der Waals surface area contributed by atoms with Gasteiger partial charge >= 0.3 is 0 Å². The van der Waals surface area contributed by atoms with E-state index in [9.17, 15) is 0 Å². The Kier molecular flexibility index (Phi) is 11.9. The smallest absolute Gasteiger partial charge is 0.191 e. The van der Waals surface area contributed by atoms with Crippen molar-refractivity contribution < 1.29 is 9.15 Å². The summed E-state index contributed by atoms with van der Waals surface area (Å²) >= 11 is 0. The maximum atomic E-state index is 5.36. The van der Waals surface area contributed by atoms with Crippen molar-refractivity contribution in [2.45, 2.75) is 26.2 Å². The number of hydrogen-bond acceptors (Lipinski definition) is 4. The molecule has 1 fully saturated rings. The van der Waals surface area contributed by atoms with Crippen molar-refractivity contribution in [2.24, 2.45) is 4.99 Å². The lowest BCUT2D eigenvalue weighted by Crippen LogP contribution is -2.38. The van der Waals surface area contributed by atoms with Gasteiger partial charge < -0.3 is 19.8 Å². The molecule has 0 spiro atoms. The summed E-state index contributed by atoms with van der Waals surface area (Å²) in [4.78, 5) is 7.11. The third-order valence-electron chi connectivity index (χ3n) is 3.84. The number of ether oxygens (including phenoxy) is 1. The van der Waals surface area contributed by atoms with Crippen molar-refractivity contribution in [3.05, 3.63) is 24.2 Å². The molecule has 138 valence electrons. The first-order valence-electron chi connectivity index (χ1n) is 8.73. The second kappa shape index (κ2) is 13.5. The van der Waals surface area contributed by atoms with Crippen molar-refractivity contribution >= 4 is 29.9 Å². The van der Waals surface area contributed by atoms with E-state index in [4.69, 9.17) is 9.15 Å². The molecule has 0 atom stereocenters. The Bertz CT molecular complexity index is 434. The number of furan rings is 1. The van der Waals surface area contributed by atoms with E-state index in [2.05, 4.69) is 27.4 Å². The third kappa shape index (κ3) is 8.89. The van der Waals surface area contributed by atoms with Gasteiger partial charge in [-0.25, -0.2) is 0 Å². The molecule has 24 heavy (non-hydrogen) atoms. The van der Waals surface area contributed by atoms with Crippen LogP contribution in [0.5, 0.6) is 0 Å². The first-order valence-corrected chi connectivity index (χ1v) is 8.73. The fraction of sp³-hybridized carbons (Fsp3) is 0.706. The van der Waals surface area contributed by atoms with Crippen molar-refractivity contribution in [2.75, 3.05) is 52.5 Å². The van der Waals surface area contributed by atoms with Gasteiger partial charge in [0.1, 0.15) is 5.76 Å². The standard InChI is InChI=1S/C17H30N4O2.HI/c1-2-18-17(20-9-7-16-6-5-13-23-16)19-8-3-4-10-21-11-14-22-15-12-21;/h5-6,13H,2-4,7-12,14-15H2,1H3,(H2,18,19,20);1H. The van der Waals surface area contributed by atoms with Gasteiger partial charge in [0.15, 0.2) is 5.96 Å². The maximum absolute atomic E-state index is 5.36. The molecule has 0 radical (unpaired) electrons. The van der Waals surface area contributed by atoms with Gasteiger partial charge in [-0.15, -0.1) is 24.0 Å². The van der Waals surface area contributed by atoms with Gasteiger partial charge in [0.2, 0.25) is 0 Å². The topological polar surface area (TPSA) is 62.0 Å². The molecule has 1 aliphatic rings. The molecule has 0 amide bonds. The van der Waals surface area contributed by atoms with Crippen LogP contribution in [0.15, 0.2) is 27.8 Å². The van der Waals surface area contributed by atoms with Crippen LogP contribution in [0.2, 0.25) is 0 Å². The molecule has 0 aromatic carbocycles. The minimum absolute atomic E-state index is 0. The molecule has 0 unspecified atom stereocenters. The van der Waals surface area contributed by atoms with Gasteiger partial charge in [0.05, 0.1) is 19.5 Å². The largest absolute Gasteiger partial charge is 0.469 e. The Labute approximate surface area is 162 Å². The van der Waals surface area contributed by atoms with E-state index in [1.165, 1.54) is 6.42 Å². The van der Waals surface area contributed by atoms with Crippen LogP contribution in [0.3, 0.4) is 0 Å². The molecule has 2 heterocycles. The van der Waals surface area contributed by atoms with Gasteiger partial charge in [-0.1, -0.05) is 0 Å². The van der Waals surface area contributed by atoms with Gasteiger partial charge in [0, 0.05) is 39.1 Å². The molecule has 0 bridgehead atoms. The normalized spacial score (nSPS) is 15.8. The van der Waals surface area contributed by atoms with Crippen molar-refractivity contribution in [3.63, 3.8) is 0 Å². The van der Waals surface area contributed by atoms with Crippen LogP contribution in [-0.4, -0.2) is 63.3 Å². The van der Waals surface area contributed by atoms with Crippen molar-refractivity contribution in [3.8, 4) is 0 Å². The second-order valence-electron chi connectivity index (χ2n) is 5.68. The summed E-state index contributed by atoms with van der Waals surface area (Å²) in [6, 6.07) is 3.92. The zero-order valence-corrected chi connectivity index (χ0v) is 17.0. The molecule has 2 rings (SSSR count). The summed E-state index contributed by atoms with van der Waals surface area (Å²) in [5.41, 5.74) is 0. The highest BCUT2D eigenvalue weighted by atomic mass is 127. The van der Waals surface area contributed by atoms with E-state index in [1.54, 1.807) is 6.26 Å². The van der Waals surface area contributed by atoms with Crippen LogP contribution in [-0.2, 0) is 11.2 Å². The summed E-state index contributed by atoms with van der Waals surface area (Å²) in [7, 11) is 0. The lowest BCUT2D eigenvalue weighted by Gasteiger charge is -2.26. The number of guanidine groups is 1. The van der Waals surface area contributed by atoms with E-state index < -0.39 is 0 Å². The molecular formula is C17H31IN4O2. The van der Waals surface area contributed by atoms with Crippen LogP contribution in [0, 0.1) is 0 Å². The predicted molar refractivity (Wildman–Crippen MR) is 108 cm³/mol. The summed E-state index contributed by atoms with van der Waals surface area (Å²) in [6.07, 6.45) is 4.89. The summed E-state index contributed by atoms with van der Waals surface area (Å²) in [5.74, 6) is 1.89. The average Bonchev–Trinajstić information content (AvgIpc) is 3.09. The van der Waals surface area contributed by atoms with Crippen LogP contribution in [0.25, 0.3) is 0 Å². The number of hydrogen-bond donors (Lipinski definition) is 2. The number of halogens is 1. The van der Waals surface area contributed by atoms with E-state index >= 15 is 0 Å². The quantitative estimate of drug-likeness (QED) is 0.261. The SMILES string of the molecule is CCNC(=NCCCCN1CCOCC1)NCCc1ccco1.I. The molecule has 2 N–H and O–H groups in total. The Balaban J connectivity index is 0.00000288. The van der Waals surface area contributed by atoms with E-state index in [-0.39, 0.29) is 24.0 Å². The Morgan fingerprint density at radius 2 is 2.08 bits per heavy atom. The summed E-state index contributed by atoms with van der Waals surface area (Å²) < 4.78 is 10.7. The predicted octanol–water partition coefficient (Wildman–Crippen LogP) is 2.11. The zero-order valence-electron chi connectivity index (χ0n) is 14.6. The van der Waals surface area contributed by atoms with Gasteiger partial charge in [-0.3, -0.25) is 9.89 Å². The maximum Gasteiger partial charge on any atom is 0.191 e. The monoisotopic (exact) mass is 450 g/mol. The molecule has 1 saturated heterocycles. The van der Waals surface area contributed by atoms with E-state index in [0.29, 0.717) is 0 Å².